The molecule has 0 spiro atoms. The highest BCUT2D eigenvalue weighted by molar-refractivity contribution is 7.99. The summed E-state index contributed by atoms with van der Waals surface area (Å²) in [6.45, 7) is 4.96. The summed E-state index contributed by atoms with van der Waals surface area (Å²) < 4.78 is 2.67. The minimum Gasteiger partial charge on any atom is -0.337 e. The Morgan fingerprint density at radius 1 is 1.06 bits per heavy atom. The van der Waals surface area contributed by atoms with E-state index in [1.807, 2.05) is 55.5 Å². The van der Waals surface area contributed by atoms with Crippen LogP contribution in [0.25, 0.3) is 5.65 Å². The lowest BCUT2D eigenvalue weighted by atomic mass is 10.2. The van der Waals surface area contributed by atoms with Crippen molar-refractivity contribution >= 4 is 23.3 Å². The smallest absolute Gasteiger partial charge is 0.337 e. The second-order valence-electron chi connectivity index (χ2n) is 7.32. The number of amides is 1. The molecule has 2 aromatic heterocycles. The predicted molar refractivity (Wildman–Crippen MR) is 125 cm³/mol. The van der Waals surface area contributed by atoms with E-state index in [2.05, 4.69) is 23.1 Å². The molecule has 0 aliphatic carbocycles. The fourth-order valence-corrected chi connectivity index (χ4v) is 4.55. The van der Waals surface area contributed by atoms with Crippen molar-refractivity contribution in [1.82, 2.24) is 24.1 Å². The Kier molecular flexibility index (Phi) is 6.70. The number of likely N-dealkylation sites (N-methyl/N-ethyl adjacent to an activating group) is 1. The number of nitrogens with zero attached hydrogens (tertiary/aromatic N) is 5. The molecule has 0 bridgehead atoms. The number of hydrogen-bond acceptors (Lipinski definition) is 5. The average molecular weight is 448 g/mol. The number of benzene rings is 2. The molecular formula is C24H25N5O2S. The van der Waals surface area contributed by atoms with Crippen LogP contribution in [0.1, 0.15) is 25.0 Å². The van der Waals surface area contributed by atoms with Crippen LogP contribution < -0.4 is 5.69 Å². The van der Waals surface area contributed by atoms with Crippen molar-refractivity contribution in [2.45, 2.75) is 43.3 Å². The highest BCUT2D eigenvalue weighted by Crippen LogP contribution is 2.31. The van der Waals surface area contributed by atoms with Crippen LogP contribution in [0.5, 0.6) is 0 Å². The molecule has 8 heteroatoms. The Morgan fingerprint density at radius 2 is 1.81 bits per heavy atom. The van der Waals surface area contributed by atoms with Gasteiger partial charge in [-0.05, 0) is 30.5 Å². The van der Waals surface area contributed by atoms with E-state index in [1.54, 1.807) is 17.3 Å². The van der Waals surface area contributed by atoms with Crippen molar-refractivity contribution < 1.29 is 4.79 Å². The molecule has 0 unspecified atom stereocenters. The van der Waals surface area contributed by atoms with Gasteiger partial charge in [-0.3, -0.25) is 4.79 Å². The Bertz CT molecular complexity index is 1280. The molecule has 32 heavy (non-hydrogen) atoms. The fraction of sp³-hybridized carbons (Fsp3) is 0.250. The molecular weight excluding hydrogens is 422 g/mol. The first kappa shape index (κ1) is 21.8. The summed E-state index contributed by atoms with van der Waals surface area (Å²) in [4.78, 5) is 33.1. The van der Waals surface area contributed by atoms with E-state index < -0.39 is 0 Å². The van der Waals surface area contributed by atoms with E-state index in [4.69, 9.17) is 0 Å². The van der Waals surface area contributed by atoms with Crippen molar-refractivity contribution in [2.75, 3.05) is 6.54 Å². The molecule has 0 aliphatic rings. The van der Waals surface area contributed by atoms with E-state index in [0.29, 0.717) is 23.8 Å². The van der Waals surface area contributed by atoms with Gasteiger partial charge in [0.05, 0.1) is 0 Å². The van der Waals surface area contributed by atoms with Gasteiger partial charge in [-0.15, -0.1) is 5.10 Å². The van der Waals surface area contributed by atoms with Crippen molar-refractivity contribution in [1.29, 1.82) is 0 Å². The second-order valence-corrected chi connectivity index (χ2v) is 8.35. The van der Waals surface area contributed by atoms with Crippen LogP contribution in [0.15, 0.2) is 81.7 Å². The van der Waals surface area contributed by atoms with E-state index in [-0.39, 0.29) is 18.1 Å². The van der Waals surface area contributed by atoms with Crippen molar-refractivity contribution in [2.24, 2.45) is 0 Å². The summed E-state index contributed by atoms with van der Waals surface area (Å²) in [6.07, 6.45) is 4.08. The molecule has 7 nitrogen and oxygen atoms in total. The number of aryl methyl sites for hydroxylation is 1. The van der Waals surface area contributed by atoms with Gasteiger partial charge < -0.3 is 4.90 Å². The third kappa shape index (κ3) is 4.60. The molecule has 0 radical (unpaired) electrons. The van der Waals surface area contributed by atoms with E-state index in [1.165, 1.54) is 26.4 Å². The summed E-state index contributed by atoms with van der Waals surface area (Å²) in [6, 6.07) is 17.9. The van der Waals surface area contributed by atoms with Crippen LogP contribution >= 0.6 is 11.8 Å². The zero-order valence-electron chi connectivity index (χ0n) is 18.1. The van der Waals surface area contributed by atoms with Crippen molar-refractivity contribution in [3.05, 3.63) is 88.6 Å². The van der Waals surface area contributed by atoms with Crippen LogP contribution in [0.2, 0.25) is 0 Å². The molecule has 0 saturated carbocycles. The Morgan fingerprint density at radius 3 is 2.56 bits per heavy atom. The SMILES string of the molecule is CCc1ccccc1Sc1nccn2c(=O)n(CC(=O)N(CC)Cc3ccccc3)nc12. The number of fused-ring (bicyclic) bond motifs is 1. The Labute approximate surface area is 190 Å². The van der Waals surface area contributed by atoms with Gasteiger partial charge in [0.25, 0.3) is 0 Å². The van der Waals surface area contributed by atoms with Crippen molar-refractivity contribution in [3.8, 4) is 0 Å². The first-order chi connectivity index (χ1) is 15.6. The quantitative estimate of drug-likeness (QED) is 0.412. The molecule has 0 fully saturated rings. The average Bonchev–Trinajstić information content (AvgIpc) is 3.14. The highest BCUT2D eigenvalue weighted by Gasteiger charge is 2.18. The zero-order valence-corrected chi connectivity index (χ0v) is 19.0. The summed E-state index contributed by atoms with van der Waals surface area (Å²) in [5, 5.41) is 5.10. The molecule has 0 atom stereocenters. The van der Waals surface area contributed by atoms with Gasteiger partial charge in [-0.2, -0.15) is 0 Å². The van der Waals surface area contributed by atoms with Crippen molar-refractivity contribution in [3.63, 3.8) is 0 Å². The third-order valence-electron chi connectivity index (χ3n) is 5.27. The predicted octanol–water partition coefficient (Wildman–Crippen LogP) is 3.65. The molecule has 4 aromatic rings. The minimum absolute atomic E-state index is 0.114. The lowest BCUT2D eigenvalue weighted by molar-refractivity contribution is -0.132. The summed E-state index contributed by atoms with van der Waals surface area (Å²) in [7, 11) is 0. The zero-order chi connectivity index (χ0) is 22.5. The Hall–Kier alpha value is -3.39. The fourth-order valence-electron chi connectivity index (χ4n) is 3.51. The van der Waals surface area contributed by atoms with Gasteiger partial charge >= 0.3 is 5.69 Å². The number of aromatic nitrogens is 4. The molecule has 0 aliphatic heterocycles. The molecule has 2 aromatic carbocycles. The highest BCUT2D eigenvalue weighted by atomic mass is 32.2. The molecule has 0 saturated heterocycles. The summed E-state index contributed by atoms with van der Waals surface area (Å²) in [5.74, 6) is -0.152. The third-order valence-corrected chi connectivity index (χ3v) is 6.36. The monoisotopic (exact) mass is 447 g/mol. The lowest BCUT2D eigenvalue weighted by Crippen LogP contribution is -2.36. The Balaban J connectivity index is 1.60. The molecule has 164 valence electrons. The minimum atomic E-state index is -0.350. The van der Waals surface area contributed by atoms with Gasteiger partial charge in [0.1, 0.15) is 11.6 Å². The van der Waals surface area contributed by atoms with Crippen LogP contribution in [-0.2, 0) is 24.3 Å². The maximum atomic E-state index is 12.9. The van der Waals surface area contributed by atoms with Gasteiger partial charge in [0, 0.05) is 30.4 Å². The molecule has 0 N–H and O–H groups in total. The topological polar surface area (TPSA) is 72.5 Å². The largest absolute Gasteiger partial charge is 0.350 e. The second kappa shape index (κ2) is 9.82. The number of carbonyl (C=O) groups excluding carboxylic acids is 1. The maximum absolute atomic E-state index is 12.9. The van der Waals surface area contributed by atoms with Gasteiger partial charge in [-0.25, -0.2) is 18.9 Å². The summed E-state index contributed by atoms with van der Waals surface area (Å²) >= 11 is 1.48. The van der Waals surface area contributed by atoms with Crippen LogP contribution in [0.4, 0.5) is 0 Å². The summed E-state index contributed by atoms with van der Waals surface area (Å²) in [5.41, 5.74) is 2.35. The molecule has 1 amide bonds. The number of hydrogen-bond donors (Lipinski definition) is 0. The molecule has 4 rings (SSSR count). The van der Waals surface area contributed by atoms with Gasteiger partial charge in [0.2, 0.25) is 5.91 Å². The van der Waals surface area contributed by atoms with E-state index in [9.17, 15) is 9.59 Å². The van der Waals surface area contributed by atoms with E-state index in [0.717, 1.165) is 16.9 Å². The van der Waals surface area contributed by atoms with Crippen LogP contribution in [-0.4, -0.2) is 36.5 Å². The number of rotatable bonds is 8. The standard InChI is InChI=1S/C24H25N5O2S/c1-3-19-12-8-9-13-20(19)32-23-22-26-29(24(31)28(22)15-14-25-23)17-21(30)27(4-2)16-18-10-6-5-7-11-18/h5-15H,3-4,16-17H2,1-2H3. The maximum Gasteiger partial charge on any atom is 0.350 e. The van der Waals surface area contributed by atoms with Crippen LogP contribution in [0, 0.1) is 0 Å². The van der Waals surface area contributed by atoms with E-state index >= 15 is 0 Å². The first-order valence-corrected chi connectivity index (χ1v) is 11.4. The lowest BCUT2D eigenvalue weighted by Gasteiger charge is -2.20. The molecule has 2 heterocycles. The first-order valence-electron chi connectivity index (χ1n) is 10.6. The van der Waals surface area contributed by atoms with Gasteiger partial charge in [-0.1, -0.05) is 67.2 Å². The normalized spacial score (nSPS) is 11.1. The van der Waals surface area contributed by atoms with Crippen LogP contribution in [0.3, 0.4) is 0 Å². The van der Waals surface area contributed by atoms with Gasteiger partial charge in [0.15, 0.2) is 5.65 Å². The number of carbonyl (C=O) groups is 1.